The van der Waals surface area contributed by atoms with E-state index < -0.39 is 17.7 Å². The Labute approximate surface area is 166 Å². The molecule has 0 saturated heterocycles. The summed E-state index contributed by atoms with van der Waals surface area (Å²) >= 11 is 1.52. The second kappa shape index (κ2) is 7.84. The molecular weight excluding hydrogens is 381 g/mol. The number of aromatic nitrogens is 3. The van der Waals surface area contributed by atoms with Crippen LogP contribution < -0.4 is 10.6 Å². The van der Waals surface area contributed by atoms with Crippen molar-refractivity contribution in [2.24, 2.45) is 0 Å². The largest absolute Gasteiger partial charge is 0.387 e. The number of hydrogen-bond acceptors (Lipinski definition) is 6. The summed E-state index contributed by atoms with van der Waals surface area (Å²) in [6.45, 7) is 6.37. The van der Waals surface area contributed by atoms with E-state index in [9.17, 15) is 14.3 Å². The first kappa shape index (κ1) is 20.2. The zero-order valence-electron chi connectivity index (χ0n) is 16.2. The predicted molar refractivity (Wildman–Crippen MR) is 109 cm³/mol. The van der Waals surface area contributed by atoms with Crippen LogP contribution in [0.3, 0.4) is 0 Å². The van der Waals surface area contributed by atoms with Crippen LogP contribution in [-0.4, -0.2) is 50.0 Å². The van der Waals surface area contributed by atoms with E-state index in [0.717, 1.165) is 16.1 Å². The van der Waals surface area contributed by atoms with Gasteiger partial charge in [0.1, 0.15) is 11.2 Å². The highest BCUT2D eigenvalue weighted by Gasteiger charge is 2.27. The van der Waals surface area contributed by atoms with Crippen molar-refractivity contribution in [2.75, 3.05) is 11.9 Å². The van der Waals surface area contributed by atoms with E-state index in [2.05, 4.69) is 20.7 Å². The average Bonchev–Trinajstić information content (AvgIpc) is 3.27. The highest BCUT2D eigenvalue weighted by molar-refractivity contribution is 7.13. The van der Waals surface area contributed by atoms with Gasteiger partial charge in [-0.1, -0.05) is 0 Å². The molecule has 0 saturated carbocycles. The maximum absolute atomic E-state index is 14.0. The maximum atomic E-state index is 14.0. The number of carbonyl (C=O) groups is 1. The summed E-state index contributed by atoms with van der Waals surface area (Å²) in [5.74, 6) is -0.456. The summed E-state index contributed by atoms with van der Waals surface area (Å²) in [4.78, 5) is 17.0. The molecule has 1 amide bonds. The standard InChI is InChI=1S/C19H24FN5O2S/c1-11(2)24-16-13(17(26)22-9-15(20)19(3,4)27)8-23-25-10-12(7-14(16)25)18-21-5-6-28-18/h5-8,10-11,15,24,27H,9H2,1-4H3,(H,22,26)/t15-/m1/s1. The van der Waals surface area contributed by atoms with Crippen molar-refractivity contribution in [3.8, 4) is 10.6 Å². The number of alkyl halides is 1. The second-order valence-electron chi connectivity index (χ2n) is 7.46. The number of thiazole rings is 1. The van der Waals surface area contributed by atoms with Crippen molar-refractivity contribution >= 4 is 28.4 Å². The summed E-state index contributed by atoms with van der Waals surface area (Å²) < 4.78 is 15.7. The molecule has 3 heterocycles. The molecule has 0 fully saturated rings. The molecule has 150 valence electrons. The van der Waals surface area contributed by atoms with Gasteiger partial charge in [-0.25, -0.2) is 13.9 Å². The van der Waals surface area contributed by atoms with Crippen molar-refractivity contribution in [1.82, 2.24) is 19.9 Å². The minimum Gasteiger partial charge on any atom is -0.387 e. The number of anilines is 1. The Morgan fingerprint density at radius 1 is 1.43 bits per heavy atom. The van der Waals surface area contributed by atoms with Crippen LogP contribution in [0.1, 0.15) is 38.1 Å². The van der Waals surface area contributed by atoms with Crippen LogP contribution >= 0.6 is 11.3 Å². The molecule has 0 spiro atoms. The summed E-state index contributed by atoms with van der Waals surface area (Å²) in [5.41, 5.74) is 1.03. The monoisotopic (exact) mass is 405 g/mol. The SMILES string of the molecule is CC(C)Nc1c(C(=O)NC[C@@H](F)C(C)(C)O)cnn2cc(-c3nccs3)cc12. The van der Waals surface area contributed by atoms with Gasteiger partial charge in [0.05, 0.1) is 35.1 Å². The van der Waals surface area contributed by atoms with Crippen molar-refractivity contribution in [1.29, 1.82) is 0 Å². The van der Waals surface area contributed by atoms with Crippen LogP contribution in [0.5, 0.6) is 0 Å². The normalized spacial score (nSPS) is 13.1. The molecule has 1 atom stereocenters. The van der Waals surface area contributed by atoms with Gasteiger partial charge >= 0.3 is 0 Å². The van der Waals surface area contributed by atoms with Gasteiger partial charge in [0.15, 0.2) is 0 Å². The lowest BCUT2D eigenvalue weighted by Crippen LogP contribution is -2.42. The smallest absolute Gasteiger partial charge is 0.255 e. The van der Waals surface area contributed by atoms with Crippen molar-refractivity contribution < 1.29 is 14.3 Å². The van der Waals surface area contributed by atoms with Crippen molar-refractivity contribution in [3.63, 3.8) is 0 Å². The molecule has 0 aliphatic rings. The Kier molecular flexibility index (Phi) is 5.66. The van der Waals surface area contributed by atoms with Crippen LogP contribution in [0.25, 0.3) is 16.1 Å². The molecule has 28 heavy (non-hydrogen) atoms. The third-order valence-electron chi connectivity index (χ3n) is 4.20. The molecule has 3 rings (SSSR count). The molecule has 3 N–H and O–H groups in total. The third kappa shape index (κ3) is 4.31. The quantitative estimate of drug-likeness (QED) is 0.562. The molecule has 0 bridgehead atoms. The zero-order valence-corrected chi connectivity index (χ0v) is 17.0. The number of hydrogen-bond donors (Lipinski definition) is 3. The van der Waals surface area contributed by atoms with Crippen molar-refractivity contribution in [2.45, 2.75) is 45.5 Å². The molecule has 9 heteroatoms. The third-order valence-corrected chi connectivity index (χ3v) is 5.02. The Morgan fingerprint density at radius 3 is 2.79 bits per heavy atom. The van der Waals surface area contributed by atoms with Gasteiger partial charge in [-0.2, -0.15) is 5.10 Å². The zero-order chi connectivity index (χ0) is 20.5. The number of halogens is 1. The van der Waals surface area contributed by atoms with Gasteiger partial charge in [-0.05, 0) is 33.8 Å². The van der Waals surface area contributed by atoms with Gasteiger partial charge in [0, 0.05) is 29.4 Å². The summed E-state index contributed by atoms with van der Waals surface area (Å²) in [6.07, 6.45) is 3.46. The van der Waals surface area contributed by atoms with Gasteiger partial charge in [-0.3, -0.25) is 4.79 Å². The van der Waals surface area contributed by atoms with E-state index >= 15 is 0 Å². The topological polar surface area (TPSA) is 91.5 Å². The van der Waals surface area contributed by atoms with Crippen LogP contribution in [0.2, 0.25) is 0 Å². The number of carbonyl (C=O) groups excluding carboxylic acids is 1. The molecule has 3 aromatic rings. The Balaban J connectivity index is 1.96. The van der Waals surface area contributed by atoms with E-state index in [0.29, 0.717) is 11.3 Å². The summed E-state index contributed by atoms with van der Waals surface area (Å²) in [7, 11) is 0. The van der Waals surface area contributed by atoms with E-state index in [1.54, 1.807) is 10.7 Å². The van der Waals surface area contributed by atoms with E-state index in [1.165, 1.54) is 31.4 Å². The minimum absolute atomic E-state index is 0.0706. The average molecular weight is 405 g/mol. The molecule has 0 aliphatic carbocycles. The summed E-state index contributed by atoms with van der Waals surface area (Å²) in [5, 5.41) is 22.6. The Hall–Kier alpha value is -2.52. The molecule has 0 aliphatic heterocycles. The fourth-order valence-corrected chi connectivity index (χ4v) is 3.30. The van der Waals surface area contributed by atoms with Gasteiger partial charge in [0.2, 0.25) is 0 Å². The van der Waals surface area contributed by atoms with E-state index in [-0.39, 0.29) is 12.6 Å². The fourth-order valence-electron chi connectivity index (χ4n) is 2.68. The molecule has 0 aromatic carbocycles. The van der Waals surface area contributed by atoms with E-state index in [1.807, 2.05) is 31.5 Å². The number of aliphatic hydroxyl groups is 1. The number of fused-ring (bicyclic) bond motifs is 1. The number of nitrogens with zero attached hydrogens (tertiary/aromatic N) is 3. The number of nitrogens with one attached hydrogen (secondary N) is 2. The van der Waals surface area contributed by atoms with Crippen LogP contribution in [0.4, 0.5) is 10.1 Å². The fraction of sp³-hybridized carbons (Fsp3) is 0.421. The second-order valence-corrected chi connectivity index (χ2v) is 8.35. The first-order chi connectivity index (χ1) is 13.2. The van der Waals surface area contributed by atoms with Gasteiger partial charge < -0.3 is 15.7 Å². The highest BCUT2D eigenvalue weighted by Crippen LogP contribution is 2.30. The summed E-state index contributed by atoms with van der Waals surface area (Å²) in [6, 6.07) is 1.99. The number of amides is 1. The Bertz CT molecular complexity index is 963. The number of rotatable bonds is 7. The van der Waals surface area contributed by atoms with E-state index in [4.69, 9.17) is 0 Å². The molecule has 3 aromatic heterocycles. The van der Waals surface area contributed by atoms with Crippen LogP contribution in [-0.2, 0) is 0 Å². The predicted octanol–water partition coefficient (Wildman–Crippen LogP) is 3.12. The molecule has 0 unspecified atom stereocenters. The Morgan fingerprint density at radius 2 is 2.18 bits per heavy atom. The molecule has 0 radical (unpaired) electrons. The van der Waals surface area contributed by atoms with Crippen LogP contribution in [0, 0.1) is 0 Å². The first-order valence-corrected chi connectivity index (χ1v) is 9.87. The van der Waals surface area contributed by atoms with Gasteiger partial charge in [0.25, 0.3) is 5.91 Å². The lowest BCUT2D eigenvalue weighted by atomic mass is 10.0. The molecule has 7 nitrogen and oxygen atoms in total. The lowest BCUT2D eigenvalue weighted by Gasteiger charge is -2.23. The van der Waals surface area contributed by atoms with Crippen LogP contribution in [0.15, 0.2) is 30.0 Å². The lowest BCUT2D eigenvalue weighted by molar-refractivity contribution is -0.00177. The molecular formula is C19H24FN5O2S. The van der Waals surface area contributed by atoms with Crippen molar-refractivity contribution in [3.05, 3.63) is 35.6 Å². The van der Waals surface area contributed by atoms with Gasteiger partial charge in [-0.15, -0.1) is 11.3 Å². The maximum Gasteiger partial charge on any atom is 0.255 e. The first-order valence-electron chi connectivity index (χ1n) is 8.99. The highest BCUT2D eigenvalue weighted by atomic mass is 32.1. The minimum atomic E-state index is -1.58.